The van der Waals surface area contributed by atoms with E-state index in [2.05, 4.69) is 10.6 Å². The van der Waals surface area contributed by atoms with Gasteiger partial charge in [-0.15, -0.1) is 0 Å². The Morgan fingerprint density at radius 2 is 1.28 bits per heavy atom. The third kappa shape index (κ3) is 5.11. The molecule has 0 unspecified atom stereocenters. The maximum atomic E-state index is 12.3. The lowest BCUT2D eigenvalue weighted by Gasteiger charge is -2.10. The van der Waals surface area contributed by atoms with E-state index in [1.165, 1.54) is 48.5 Å². The van der Waals surface area contributed by atoms with Gasteiger partial charge in [0.25, 0.3) is 15.9 Å². The molecule has 0 atom stereocenters. The Morgan fingerprint density at radius 1 is 0.724 bits per heavy atom. The van der Waals surface area contributed by atoms with Crippen LogP contribution in [0, 0.1) is 0 Å². The SMILES string of the molecule is O=C(Nc1ccccc1)Nc1ccc(C(=O)NS(=O)(=O)c2ccccc2O)cc1. The van der Waals surface area contributed by atoms with Gasteiger partial charge in [-0.1, -0.05) is 30.3 Å². The molecule has 0 fully saturated rings. The second kappa shape index (κ2) is 8.44. The van der Waals surface area contributed by atoms with E-state index in [4.69, 9.17) is 0 Å². The summed E-state index contributed by atoms with van der Waals surface area (Å²) in [7, 11) is -4.23. The minimum atomic E-state index is -4.23. The zero-order chi connectivity index (χ0) is 20.9. The highest BCUT2D eigenvalue weighted by Gasteiger charge is 2.21. The first-order valence-corrected chi connectivity index (χ1v) is 9.92. The van der Waals surface area contributed by atoms with Gasteiger partial charge >= 0.3 is 6.03 Å². The first-order chi connectivity index (χ1) is 13.8. The summed E-state index contributed by atoms with van der Waals surface area (Å²) in [6.45, 7) is 0. The molecule has 0 heterocycles. The van der Waals surface area contributed by atoms with Crippen LogP contribution in [0.4, 0.5) is 16.2 Å². The van der Waals surface area contributed by atoms with E-state index in [0.29, 0.717) is 11.4 Å². The fourth-order valence-electron chi connectivity index (χ4n) is 2.44. The molecule has 0 saturated heterocycles. The molecule has 3 amide bonds. The number of phenolic OH excluding ortho intramolecular Hbond substituents is 1. The summed E-state index contributed by atoms with van der Waals surface area (Å²) in [5.41, 5.74) is 1.10. The maximum absolute atomic E-state index is 12.3. The van der Waals surface area contributed by atoms with Crippen LogP contribution in [0.15, 0.2) is 83.8 Å². The monoisotopic (exact) mass is 411 g/mol. The number of carbonyl (C=O) groups is 2. The molecule has 3 rings (SSSR count). The molecule has 4 N–H and O–H groups in total. The van der Waals surface area contributed by atoms with Gasteiger partial charge in [0.05, 0.1) is 0 Å². The summed E-state index contributed by atoms with van der Waals surface area (Å²) in [5.74, 6) is -1.33. The number of carbonyl (C=O) groups excluding carboxylic acids is 2. The van der Waals surface area contributed by atoms with Gasteiger partial charge in [-0.3, -0.25) is 4.79 Å². The molecule has 0 aliphatic carbocycles. The first kappa shape index (κ1) is 19.9. The van der Waals surface area contributed by atoms with Crippen LogP contribution in [-0.2, 0) is 10.0 Å². The zero-order valence-electron chi connectivity index (χ0n) is 15.0. The third-order valence-corrected chi connectivity index (χ3v) is 5.20. The van der Waals surface area contributed by atoms with Crippen LogP contribution >= 0.6 is 0 Å². The molecule has 3 aromatic rings. The van der Waals surface area contributed by atoms with Gasteiger partial charge in [0.2, 0.25) is 0 Å². The standard InChI is InChI=1S/C20H17N3O5S/c24-17-8-4-5-9-18(17)29(27,28)23-19(25)14-10-12-16(13-11-14)22-20(26)21-15-6-2-1-3-7-15/h1-13,24H,(H,23,25)(H2,21,22,26). The molecule has 3 aromatic carbocycles. The Morgan fingerprint density at radius 3 is 1.90 bits per heavy atom. The second-order valence-corrected chi connectivity index (χ2v) is 7.58. The van der Waals surface area contributed by atoms with Gasteiger partial charge in [-0.05, 0) is 48.5 Å². The lowest BCUT2D eigenvalue weighted by atomic mass is 10.2. The molecule has 0 aromatic heterocycles. The van der Waals surface area contributed by atoms with Crippen molar-refractivity contribution in [1.29, 1.82) is 0 Å². The molecule has 0 bridgehead atoms. The van der Waals surface area contributed by atoms with Gasteiger partial charge in [0, 0.05) is 16.9 Å². The van der Waals surface area contributed by atoms with Crippen molar-refractivity contribution in [2.45, 2.75) is 4.90 Å². The van der Waals surface area contributed by atoms with Crippen LogP contribution < -0.4 is 15.4 Å². The molecular weight excluding hydrogens is 394 g/mol. The highest BCUT2D eigenvalue weighted by atomic mass is 32.2. The number of rotatable bonds is 5. The number of para-hydroxylation sites is 2. The van der Waals surface area contributed by atoms with Crippen molar-refractivity contribution in [2.24, 2.45) is 0 Å². The Kier molecular flexibility index (Phi) is 5.79. The smallest absolute Gasteiger partial charge is 0.323 e. The summed E-state index contributed by atoms with van der Waals surface area (Å²) in [4.78, 5) is 23.8. The Bertz CT molecular complexity index is 1130. The minimum absolute atomic E-state index is 0.0676. The topological polar surface area (TPSA) is 125 Å². The minimum Gasteiger partial charge on any atom is -0.507 e. The molecule has 0 spiro atoms. The van der Waals surface area contributed by atoms with Crippen molar-refractivity contribution in [3.05, 3.63) is 84.4 Å². The van der Waals surface area contributed by atoms with Crippen LogP contribution in [0.1, 0.15) is 10.4 Å². The number of nitrogens with one attached hydrogen (secondary N) is 3. The number of hydrogen-bond donors (Lipinski definition) is 4. The number of benzene rings is 3. The molecule has 0 aliphatic rings. The van der Waals surface area contributed by atoms with Crippen molar-refractivity contribution in [3.63, 3.8) is 0 Å². The highest BCUT2D eigenvalue weighted by Crippen LogP contribution is 2.21. The van der Waals surface area contributed by atoms with E-state index in [-0.39, 0.29) is 5.56 Å². The number of urea groups is 1. The first-order valence-electron chi connectivity index (χ1n) is 8.43. The van der Waals surface area contributed by atoms with Crippen molar-refractivity contribution < 1.29 is 23.1 Å². The Labute approximate surface area is 167 Å². The van der Waals surface area contributed by atoms with Crippen molar-refractivity contribution in [1.82, 2.24) is 4.72 Å². The molecule has 0 aliphatic heterocycles. The number of amides is 3. The van der Waals surface area contributed by atoms with Crippen molar-refractivity contribution in [2.75, 3.05) is 10.6 Å². The Hall–Kier alpha value is -3.85. The van der Waals surface area contributed by atoms with Crippen LogP contribution in [0.2, 0.25) is 0 Å². The maximum Gasteiger partial charge on any atom is 0.323 e. The molecule has 8 nitrogen and oxygen atoms in total. The lowest BCUT2D eigenvalue weighted by Crippen LogP contribution is -2.30. The average Bonchev–Trinajstić information content (AvgIpc) is 2.69. The van der Waals surface area contributed by atoms with E-state index >= 15 is 0 Å². The number of aromatic hydroxyl groups is 1. The molecule has 9 heteroatoms. The van der Waals surface area contributed by atoms with Gasteiger partial charge in [-0.25, -0.2) is 17.9 Å². The predicted molar refractivity (Wildman–Crippen MR) is 108 cm³/mol. The van der Waals surface area contributed by atoms with Crippen LogP contribution in [0.25, 0.3) is 0 Å². The predicted octanol–water partition coefficient (Wildman–Crippen LogP) is 3.15. The largest absolute Gasteiger partial charge is 0.507 e. The van der Waals surface area contributed by atoms with E-state index in [0.717, 1.165) is 0 Å². The fraction of sp³-hybridized carbons (Fsp3) is 0. The number of hydrogen-bond acceptors (Lipinski definition) is 5. The summed E-state index contributed by atoms with van der Waals surface area (Å²) in [6, 6.07) is 19.4. The Balaban J connectivity index is 1.64. The lowest BCUT2D eigenvalue weighted by molar-refractivity contribution is 0.0981. The van der Waals surface area contributed by atoms with Gasteiger partial charge < -0.3 is 15.7 Å². The molecule has 0 radical (unpaired) electrons. The van der Waals surface area contributed by atoms with E-state index in [9.17, 15) is 23.1 Å². The van der Waals surface area contributed by atoms with Gasteiger partial charge in [-0.2, -0.15) is 0 Å². The summed E-state index contributed by atoms with van der Waals surface area (Å²) in [5, 5.41) is 14.9. The normalized spacial score (nSPS) is 10.8. The van der Waals surface area contributed by atoms with E-state index in [1.54, 1.807) is 24.3 Å². The van der Waals surface area contributed by atoms with Crippen LogP contribution in [0.5, 0.6) is 5.75 Å². The van der Waals surface area contributed by atoms with Crippen molar-refractivity contribution in [3.8, 4) is 5.75 Å². The van der Waals surface area contributed by atoms with Gasteiger partial charge in [0.1, 0.15) is 10.6 Å². The van der Waals surface area contributed by atoms with Gasteiger partial charge in [0.15, 0.2) is 0 Å². The number of sulfonamides is 1. The molecular formula is C20H17N3O5S. The fourth-order valence-corrected chi connectivity index (χ4v) is 3.51. The summed E-state index contributed by atoms with van der Waals surface area (Å²) in [6.07, 6.45) is 0. The molecule has 29 heavy (non-hydrogen) atoms. The number of phenols is 1. The second-order valence-electron chi connectivity index (χ2n) is 5.92. The number of anilines is 2. The summed E-state index contributed by atoms with van der Waals surface area (Å²) < 4.78 is 26.4. The summed E-state index contributed by atoms with van der Waals surface area (Å²) >= 11 is 0. The molecule has 0 saturated carbocycles. The van der Waals surface area contributed by atoms with Crippen molar-refractivity contribution >= 4 is 33.3 Å². The van der Waals surface area contributed by atoms with Crippen LogP contribution in [0.3, 0.4) is 0 Å². The highest BCUT2D eigenvalue weighted by molar-refractivity contribution is 7.90. The average molecular weight is 411 g/mol. The molecule has 148 valence electrons. The van der Waals surface area contributed by atoms with Crippen LogP contribution in [-0.4, -0.2) is 25.5 Å². The van der Waals surface area contributed by atoms with E-state index in [1.807, 2.05) is 10.8 Å². The third-order valence-electron chi connectivity index (χ3n) is 3.82. The quantitative estimate of drug-likeness (QED) is 0.513. The zero-order valence-corrected chi connectivity index (χ0v) is 15.8. The van der Waals surface area contributed by atoms with E-state index < -0.39 is 32.6 Å².